The number of nitriles is 1. The van der Waals surface area contributed by atoms with Crippen LogP contribution in [0.15, 0.2) is 24.3 Å². The van der Waals surface area contributed by atoms with Gasteiger partial charge in [0.25, 0.3) is 5.69 Å². The summed E-state index contributed by atoms with van der Waals surface area (Å²) in [5.41, 5.74) is 0.476. The molecule has 2 heterocycles. The first kappa shape index (κ1) is 13.0. The van der Waals surface area contributed by atoms with Gasteiger partial charge in [0.1, 0.15) is 16.8 Å². The van der Waals surface area contributed by atoms with Crippen molar-refractivity contribution in [2.75, 3.05) is 11.9 Å². The Bertz CT molecular complexity index is 660. The summed E-state index contributed by atoms with van der Waals surface area (Å²) in [6.45, 7) is 2.51. The van der Waals surface area contributed by atoms with Crippen molar-refractivity contribution in [3.63, 3.8) is 0 Å². The standard InChI is InChI=1S/C12H10N4O2S/c1-2-14-12-6-8(16(17)18)5-10(15-12)11-4-3-9(7-13)19-11/h3-6H,2H2,1H3,(H,14,15). The zero-order valence-electron chi connectivity index (χ0n) is 10.1. The highest BCUT2D eigenvalue weighted by Crippen LogP contribution is 2.30. The molecule has 7 heteroatoms. The van der Waals surface area contributed by atoms with E-state index in [1.807, 2.05) is 13.0 Å². The van der Waals surface area contributed by atoms with E-state index in [1.54, 1.807) is 12.1 Å². The molecule has 0 saturated heterocycles. The van der Waals surface area contributed by atoms with E-state index < -0.39 is 4.92 Å². The van der Waals surface area contributed by atoms with Crippen LogP contribution < -0.4 is 5.32 Å². The largest absolute Gasteiger partial charge is 0.370 e. The lowest BCUT2D eigenvalue weighted by molar-refractivity contribution is -0.384. The summed E-state index contributed by atoms with van der Waals surface area (Å²) in [5.74, 6) is 0.457. The van der Waals surface area contributed by atoms with Gasteiger partial charge in [-0.25, -0.2) is 4.98 Å². The van der Waals surface area contributed by atoms with Gasteiger partial charge in [0.15, 0.2) is 0 Å². The number of hydrogen-bond acceptors (Lipinski definition) is 6. The Morgan fingerprint density at radius 1 is 1.53 bits per heavy atom. The van der Waals surface area contributed by atoms with Gasteiger partial charge < -0.3 is 5.32 Å². The molecular weight excluding hydrogens is 264 g/mol. The van der Waals surface area contributed by atoms with Crippen LogP contribution in [0.5, 0.6) is 0 Å². The van der Waals surface area contributed by atoms with E-state index in [2.05, 4.69) is 10.3 Å². The molecule has 1 N–H and O–H groups in total. The van der Waals surface area contributed by atoms with E-state index in [1.165, 1.54) is 23.5 Å². The zero-order valence-corrected chi connectivity index (χ0v) is 10.9. The van der Waals surface area contributed by atoms with E-state index in [4.69, 9.17) is 5.26 Å². The maximum Gasteiger partial charge on any atom is 0.275 e. The molecule has 0 aliphatic carbocycles. The molecule has 2 aromatic rings. The third-order valence-electron chi connectivity index (χ3n) is 2.35. The fourth-order valence-corrected chi connectivity index (χ4v) is 2.32. The predicted octanol–water partition coefficient (Wildman–Crippen LogP) is 3.02. The summed E-state index contributed by atoms with van der Waals surface area (Å²) < 4.78 is 0. The second-order valence-electron chi connectivity index (χ2n) is 3.66. The first-order valence-corrected chi connectivity index (χ1v) is 6.36. The Hall–Kier alpha value is -2.46. The SMILES string of the molecule is CCNc1cc([N+](=O)[O-])cc(-c2ccc(C#N)s2)n1. The summed E-state index contributed by atoms with van der Waals surface area (Å²) in [5, 5.41) is 22.7. The number of rotatable bonds is 4. The maximum atomic E-state index is 10.9. The summed E-state index contributed by atoms with van der Waals surface area (Å²) in [4.78, 5) is 16.0. The van der Waals surface area contributed by atoms with Gasteiger partial charge in [-0.15, -0.1) is 11.3 Å². The summed E-state index contributed by atoms with van der Waals surface area (Å²) >= 11 is 1.26. The highest BCUT2D eigenvalue weighted by atomic mass is 32.1. The number of anilines is 1. The number of pyridine rings is 1. The van der Waals surface area contributed by atoms with E-state index >= 15 is 0 Å². The molecule has 0 bridgehead atoms. The average molecular weight is 274 g/mol. The number of nitrogens with one attached hydrogen (secondary N) is 1. The minimum Gasteiger partial charge on any atom is -0.370 e. The minimum absolute atomic E-state index is 0.0205. The van der Waals surface area contributed by atoms with Gasteiger partial charge >= 0.3 is 0 Å². The van der Waals surface area contributed by atoms with Crippen molar-refractivity contribution in [3.8, 4) is 16.6 Å². The van der Waals surface area contributed by atoms with Gasteiger partial charge in [0.2, 0.25) is 0 Å². The molecule has 0 aliphatic rings. The van der Waals surface area contributed by atoms with Crippen LogP contribution in [0.1, 0.15) is 11.8 Å². The van der Waals surface area contributed by atoms with Crippen molar-refractivity contribution in [2.45, 2.75) is 6.92 Å². The Morgan fingerprint density at radius 2 is 2.32 bits per heavy atom. The van der Waals surface area contributed by atoms with Crippen LogP contribution in [0.3, 0.4) is 0 Å². The number of nitrogens with zero attached hydrogens (tertiary/aromatic N) is 3. The molecule has 0 fully saturated rings. The van der Waals surface area contributed by atoms with Gasteiger partial charge in [-0.05, 0) is 19.1 Å². The first-order chi connectivity index (χ1) is 9.13. The fraction of sp³-hybridized carbons (Fsp3) is 0.167. The lowest BCUT2D eigenvalue weighted by Gasteiger charge is -2.04. The number of thiophene rings is 1. The number of aromatic nitrogens is 1. The fourth-order valence-electron chi connectivity index (χ4n) is 1.56. The van der Waals surface area contributed by atoms with Crippen LogP contribution in [0.4, 0.5) is 11.5 Å². The van der Waals surface area contributed by atoms with Crippen molar-refractivity contribution < 1.29 is 4.92 Å². The van der Waals surface area contributed by atoms with E-state index in [0.29, 0.717) is 22.9 Å². The average Bonchev–Trinajstić information content (AvgIpc) is 2.87. The molecule has 0 aliphatic heterocycles. The topological polar surface area (TPSA) is 91.9 Å². The normalized spacial score (nSPS) is 9.89. The first-order valence-electron chi connectivity index (χ1n) is 5.54. The monoisotopic (exact) mass is 274 g/mol. The molecule has 0 amide bonds. The molecule has 6 nitrogen and oxygen atoms in total. The highest BCUT2D eigenvalue weighted by Gasteiger charge is 2.13. The molecule has 2 rings (SSSR count). The Kier molecular flexibility index (Phi) is 3.73. The summed E-state index contributed by atoms with van der Waals surface area (Å²) in [7, 11) is 0. The summed E-state index contributed by atoms with van der Waals surface area (Å²) in [6, 6.07) is 8.26. The second-order valence-corrected chi connectivity index (χ2v) is 4.74. The molecule has 0 atom stereocenters. The molecule has 0 spiro atoms. The Morgan fingerprint density at radius 3 is 2.89 bits per heavy atom. The van der Waals surface area contributed by atoms with Crippen molar-refractivity contribution in [2.24, 2.45) is 0 Å². The predicted molar refractivity (Wildman–Crippen MR) is 73.1 cm³/mol. The molecule has 2 aromatic heterocycles. The van der Waals surface area contributed by atoms with Gasteiger partial charge in [0, 0.05) is 12.6 Å². The maximum absolute atomic E-state index is 10.9. The van der Waals surface area contributed by atoms with Crippen LogP contribution >= 0.6 is 11.3 Å². The van der Waals surface area contributed by atoms with Crippen LogP contribution in [0.25, 0.3) is 10.6 Å². The summed E-state index contributed by atoms with van der Waals surface area (Å²) in [6.07, 6.45) is 0. The third kappa shape index (κ3) is 2.86. The highest BCUT2D eigenvalue weighted by molar-refractivity contribution is 7.15. The van der Waals surface area contributed by atoms with Gasteiger partial charge in [-0.2, -0.15) is 5.26 Å². The lowest BCUT2D eigenvalue weighted by Crippen LogP contribution is -2.01. The lowest BCUT2D eigenvalue weighted by atomic mass is 10.2. The zero-order chi connectivity index (χ0) is 13.8. The minimum atomic E-state index is -0.454. The van der Waals surface area contributed by atoms with Crippen LogP contribution in [0, 0.1) is 21.4 Å². The van der Waals surface area contributed by atoms with Crippen LogP contribution in [-0.2, 0) is 0 Å². The third-order valence-corrected chi connectivity index (χ3v) is 3.36. The molecular formula is C12H10N4O2S. The van der Waals surface area contributed by atoms with Gasteiger partial charge in [-0.3, -0.25) is 10.1 Å². The van der Waals surface area contributed by atoms with Crippen molar-refractivity contribution >= 4 is 22.8 Å². The Labute approximate surface area is 113 Å². The van der Waals surface area contributed by atoms with E-state index in [9.17, 15) is 10.1 Å². The molecule has 0 unspecified atom stereocenters. The van der Waals surface area contributed by atoms with E-state index in [0.717, 1.165) is 4.88 Å². The Balaban J connectivity index is 2.49. The number of nitro groups is 1. The van der Waals surface area contributed by atoms with Crippen molar-refractivity contribution in [3.05, 3.63) is 39.3 Å². The molecule has 0 radical (unpaired) electrons. The smallest absolute Gasteiger partial charge is 0.275 e. The molecule has 19 heavy (non-hydrogen) atoms. The van der Waals surface area contributed by atoms with Gasteiger partial charge in [-0.1, -0.05) is 0 Å². The van der Waals surface area contributed by atoms with Crippen molar-refractivity contribution in [1.29, 1.82) is 5.26 Å². The number of hydrogen-bond donors (Lipinski definition) is 1. The quantitative estimate of drug-likeness (QED) is 0.683. The van der Waals surface area contributed by atoms with E-state index in [-0.39, 0.29) is 5.69 Å². The molecule has 0 aromatic carbocycles. The van der Waals surface area contributed by atoms with Crippen LogP contribution in [0.2, 0.25) is 0 Å². The van der Waals surface area contributed by atoms with Crippen molar-refractivity contribution in [1.82, 2.24) is 4.98 Å². The molecule has 96 valence electrons. The van der Waals surface area contributed by atoms with Gasteiger partial charge in [0.05, 0.1) is 21.6 Å². The second kappa shape index (κ2) is 5.46. The molecule has 0 saturated carbocycles. The van der Waals surface area contributed by atoms with Crippen LogP contribution in [-0.4, -0.2) is 16.5 Å².